The minimum absolute atomic E-state index is 0.260. The molecule has 1 atom stereocenters. The van der Waals surface area contributed by atoms with Crippen molar-refractivity contribution in [2.45, 2.75) is 19.8 Å². The Balaban J connectivity index is 1.94. The first kappa shape index (κ1) is 19.6. The highest BCUT2D eigenvalue weighted by atomic mass is 16.5. The highest BCUT2D eigenvalue weighted by molar-refractivity contribution is 5.92. The second-order valence-electron chi connectivity index (χ2n) is 5.96. The molecule has 0 unspecified atom stereocenters. The molecule has 2 rings (SSSR count). The Morgan fingerprint density at radius 2 is 2.04 bits per heavy atom. The number of carbonyl (C=O) groups excluding carboxylic acids is 3. The largest absolute Gasteiger partial charge is 0.493 e. The smallest absolute Gasteiger partial charge is 0.338 e. The average Bonchev–Trinajstić information content (AvgIpc) is 2.66. The van der Waals surface area contributed by atoms with Crippen LogP contribution >= 0.6 is 0 Å². The van der Waals surface area contributed by atoms with Crippen molar-refractivity contribution in [1.29, 1.82) is 0 Å². The number of hydrogen-bond acceptors (Lipinski definition) is 6. The van der Waals surface area contributed by atoms with Gasteiger partial charge in [-0.2, -0.15) is 0 Å². The minimum atomic E-state index is -0.634. The summed E-state index contributed by atoms with van der Waals surface area (Å²) in [6, 6.07) is 4.66. The number of primary amides is 1. The maximum atomic E-state index is 12.2. The summed E-state index contributed by atoms with van der Waals surface area (Å²) >= 11 is 0. The molecule has 1 heterocycles. The van der Waals surface area contributed by atoms with Crippen LogP contribution in [0.25, 0.3) is 0 Å². The van der Waals surface area contributed by atoms with Crippen LogP contribution in [-0.4, -0.2) is 56.1 Å². The van der Waals surface area contributed by atoms with E-state index in [4.69, 9.17) is 19.9 Å². The lowest BCUT2D eigenvalue weighted by Gasteiger charge is -2.31. The van der Waals surface area contributed by atoms with Crippen LogP contribution < -0.4 is 15.2 Å². The number of likely N-dealkylation sites (tertiary alicyclic amines) is 1. The summed E-state index contributed by atoms with van der Waals surface area (Å²) in [5.41, 5.74) is 5.57. The highest BCUT2D eigenvalue weighted by Gasteiger charge is 2.27. The predicted octanol–water partition coefficient (Wildman–Crippen LogP) is 0.975. The molecule has 0 bridgehead atoms. The topological polar surface area (TPSA) is 108 Å². The second-order valence-corrected chi connectivity index (χ2v) is 5.96. The summed E-state index contributed by atoms with van der Waals surface area (Å²) in [7, 11) is 1.51. The van der Waals surface area contributed by atoms with Gasteiger partial charge in [-0.1, -0.05) is 0 Å². The molecule has 0 spiro atoms. The quantitative estimate of drug-likeness (QED) is 0.723. The fourth-order valence-corrected chi connectivity index (χ4v) is 2.81. The van der Waals surface area contributed by atoms with Crippen LogP contribution in [0.3, 0.4) is 0 Å². The second kappa shape index (κ2) is 9.07. The summed E-state index contributed by atoms with van der Waals surface area (Å²) in [6.07, 6.45) is 1.37. The first-order chi connectivity index (χ1) is 12.5. The van der Waals surface area contributed by atoms with E-state index >= 15 is 0 Å². The van der Waals surface area contributed by atoms with E-state index in [1.165, 1.54) is 24.1 Å². The van der Waals surface area contributed by atoms with Crippen LogP contribution in [-0.2, 0) is 14.3 Å². The third-order valence-electron chi connectivity index (χ3n) is 4.20. The summed E-state index contributed by atoms with van der Waals surface area (Å²) in [6.45, 7) is 2.64. The van der Waals surface area contributed by atoms with Gasteiger partial charge in [-0.05, 0) is 38.0 Å². The Kier molecular flexibility index (Phi) is 6.82. The van der Waals surface area contributed by atoms with Gasteiger partial charge in [-0.25, -0.2) is 4.79 Å². The molecule has 8 nitrogen and oxygen atoms in total. The monoisotopic (exact) mass is 364 g/mol. The molecule has 0 aromatic heterocycles. The molecule has 8 heteroatoms. The summed E-state index contributed by atoms with van der Waals surface area (Å²) in [4.78, 5) is 37.2. The Labute approximate surface area is 152 Å². The number of hydrogen-bond donors (Lipinski definition) is 1. The summed E-state index contributed by atoms with van der Waals surface area (Å²) in [5, 5.41) is 0. The molecule has 2 N–H and O–H groups in total. The Hall–Kier alpha value is -2.77. The van der Waals surface area contributed by atoms with Crippen LogP contribution in [0.15, 0.2) is 18.2 Å². The molecule has 1 aliphatic heterocycles. The molecule has 0 saturated carbocycles. The maximum absolute atomic E-state index is 12.2. The number of rotatable bonds is 7. The third-order valence-corrected chi connectivity index (χ3v) is 4.20. The lowest BCUT2D eigenvalue weighted by atomic mass is 9.97. The average molecular weight is 364 g/mol. The van der Waals surface area contributed by atoms with Gasteiger partial charge >= 0.3 is 5.97 Å². The van der Waals surface area contributed by atoms with E-state index in [9.17, 15) is 14.4 Å². The zero-order chi connectivity index (χ0) is 19.1. The van der Waals surface area contributed by atoms with E-state index in [0.29, 0.717) is 37.5 Å². The van der Waals surface area contributed by atoms with Crippen molar-refractivity contribution in [2.24, 2.45) is 11.7 Å². The molecule has 142 valence electrons. The van der Waals surface area contributed by atoms with Gasteiger partial charge in [-0.15, -0.1) is 0 Å². The SMILES string of the molecule is CCOc1cc(C(=O)OCC(=O)N2CCC[C@H](C(N)=O)C2)ccc1OC. The van der Waals surface area contributed by atoms with E-state index in [-0.39, 0.29) is 30.5 Å². The number of benzene rings is 1. The molecule has 0 radical (unpaired) electrons. The molecule has 1 aromatic carbocycles. The van der Waals surface area contributed by atoms with Gasteiger partial charge in [0, 0.05) is 13.1 Å². The molecule has 1 fully saturated rings. The van der Waals surface area contributed by atoms with Gasteiger partial charge in [0.25, 0.3) is 5.91 Å². The van der Waals surface area contributed by atoms with Gasteiger partial charge in [0.05, 0.1) is 25.2 Å². The van der Waals surface area contributed by atoms with Crippen LogP contribution in [0.4, 0.5) is 0 Å². The number of esters is 1. The lowest BCUT2D eigenvalue weighted by molar-refractivity contribution is -0.137. The van der Waals surface area contributed by atoms with Crippen molar-refractivity contribution < 1.29 is 28.6 Å². The fraction of sp³-hybridized carbons (Fsp3) is 0.500. The Bertz CT molecular complexity index is 676. The van der Waals surface area contributed by atoms with E-state index in [0.717, 1.165) is 0 Å². The van der Waals surface area contributed by atoms with Gasteiger partial charge in [0.1, 0.15) is 0 Å². The molecule has 0 aliphatic carbocycles. The highest BCUT2D eigenvalue weighted by Crippen LogP contribution is 2.28. The number of piperidine rings is 1. The van der Waals surface area contributed by atoms with Gasteiger partial charge in [-0.3, -0.25) is 9.59 Å². The van der Waals surface area contributed by atoms with Crippen molar-refractivity contribution in [1.82, 2.24) is 4.90 Å². The van der Waals surface area contributed by atoms with Crippen LogP contribution in [0.2, 0.25) is 0 Å². The molecule has 1 saturated heterocycles. The number of carbonyl (C=O) groups is 3. The van der Waals surface area contributed by atoms with Gasteiger partial charge < -0.3 is 24.8 Å². The molecular formula is C18H24N2O6. The number of nitrogens with zero attached hydrogens (tertiary/aromatic N) is 1. The molecule has 1 aromatic rings. The number of ether oxygens (including phenoxy) is 3. The molecular weight excluding hydrogens is 340 g/mol. The van der Waals surface area contributed by atoms with Crippen LogP contribution in [0.5, 0.6) is 11.5 Å². The van der Waals surface area contributed by atoms with Crippen molar-refractivity contribution >= 4 is 17.8 Å². The zero-order valence-electron chi connectivity index (χ0n) is 15.0. The predicted molar refractivity (Wildman–Crippen MR) is 92.9 cm³/mol. The van der Waals surface area contributed by atoms with Crippen molar-refractivity contribution in [3.05, 3.63) is 23.8 Å². The first-order valence-electron chi connectivity index (χ1n) is 8.51. The maximum Gasteiger partial charge on any atom is 0.338 e. The normalized spacial score (nSPS) is 16.7. The van der Waals surface area contributed by atoms with Crippen molar-refractivity contribution in [3.63, 3.8) is 0 Å². The van der Waals surface area contributed by atoms with Crippen molar-refractivity contribution in [3.8, 4) is 11.5 Å². The Morgan fingerprint density at radius 1 is 1.27 bits per heavy atom. The van der Waals surface area contributed by atoms with E-state index in [2.05, 4.69) is 0 Å². The number of amides is 2. The standard InChI is InChI=1S/C18H24N2O6/c1-3-25-15-9-12(6-7-14(15)24-2)18(23)26-11-16(21)20-8-4-5-13(10-20)17(19)22/h6-7,9,13H,3-5,8,10-11H2,1-2H3,(H2,19,22)/t13-/m0/s1. The number of nitrogens with two attached hydrogens (primary N) is 1. The minimum Gasteiger partial charge on any atom is -0.493 e. The fourth-order valence-electron chi connectivity index (χ4n) is 2.81. The molecule has 26 heavy (non-hydrogen) atoms. The van der Waals surface area contributed by atoms with Gasteiger partial charge in [0.2, 0.25) is 5.91 Å². The summed E-state index contributed by atoms with van der Waals surface area (Å²) < 4.78 is 15.7. The van der Waals surface area contributed by atoms with Crippen LogP contribution in [0.1, 0.15) is 30.1 Å². The van der Waals surface area contributed by atoms with E-state index in [1.807, 2.05) is 6.92 Å². The Morgan fingerprint density at radius 3 is 2.69 bits per heavy atom. The molecule has 2 amide bonds. The summed E-state index contributed by atoms with van der Waals surface area (Å²) in [5.74, 6) is -0.811. The van der Waals surface area contributed by atoms with Crippen LogP contribution in [0, 0.1) is 5.92 Å². The zero-order valence-corrected chi connectivity index (χ0v) is 15.0. The molecule has 1 aliphatic rings. The number of methoxy groups -OCH3 is 1. The van der Waals surface area contributed by atoms with Gasteiger partial charge in [0.15, 0.2) is 18.1 Å². The van der Waals surface area contributed by atoms with E-state index < -0.39 is 11.9 Å². The van der Waals surface area contributed by atoms with Crippen molar-refractivity contribution in [2.75, 3.05) is 33.4 Å². The first-order valence-corrected chi connectivity index (χ1v) is 8.51. The third kappa shape index (κ3) is 4.87. The van der Waals surface area contributed by atoms with E-state index in [1.54, 1.807) is 6.07 Å². The lowest BCUT2D eigenvalue weighted by Crippen LogP contribution is -2.45.